The van der Waals surface area contributed by atoms with Crippen molar-refractivity contribution >= 4 is 21.1 Å². The number of aromatic nitrogens is 1. The fourth-order valence-electron chi connectivity index (χ4n) is 4.12. The Hall–Kier alpha value is -3.17. The van der Waals surface area contributed by atoms with E-state index in [0.717, 1.165) is 12.1 Å². The molecule has 33 heavy (non-hydrogen) atoms. The lowest BCUT2D eigenvalue weighted by atomic mass is 10.0. The number of alkyl halides is 3. The largest absolute Gasteiger partial charge is 0.439 e. The predicted octanol–water partition coefficient (Wildman–Crippen LogP) is 6.04. The highest BCUT2D eigenvalue weighted by molar-refractivity contribution is 7.89. The molecule has 0 bridgehead atoms. The molecule has 170 valence electrons. The van der Waals surface area contributed by atoms with Gasteiger partial charge in [-0.25, -0.2) is 13.4 Å². The van der Waals surface area contributed by atoms with Crippen molar-refractivity contribution < 1.29 is 26.0 Å². The molecule has 1 saturated heterocycles. The third kappa shape index (κ3) is 4.02. The highest BCUT2D eigenvalue weighted by Crippen LogP contribution is 2.38. The van der Waals surface area contributed by atoms with Crippen molar-refractivity contribution in [2.75, 3.05) is 6.54 Å². The number of hydrogen-bond acceptors (Lipinski definition) is 4. The quantitative estimate of drug-likeness (QED) is 0.363. The summed E-state index contributed by atoms with van der Waals surface area (Å²) < 4.78 is 72.1. The van der Waals surface area contributed by atoms with Gasteiger partial charge in [-0.05, 0) is 60.4 Å². The average molecular weight is 472 g/mol. The Morgan fingerprint density at radius 1 is 0.939 bits per heavy atom. The van der Waals surface area contributed by atoms with Crippen LogP contribution in [-0.4, -0.2) is 24.3 Å². The lowest BCUT2D eigenvalue weighted by Crippen LogP contribution is -2.30. The highest BCUT2D eigenvalue weighted by Gasteiger charge is 2.39. The fraction of sp³-hybridized carbons (Fsp3) is 0.208. The van der Waals surface area contributed by atoms with Crippen LogP contribution in [0.2, 0.25) is 0 Å². The Kier molecular flexibility index (Phi) is 5.25. The lowest BCUT2D eigenvalue weighted by molar-refractivity contribution is -0.137. The molecule has 0 radical (unpaired) electrons. The van der Waals surface area contributed by atoms with Crippen molar-refractivity contribution in [3.05, 3.63) is 84.3 Å². The summed E-state index contributed by atoms with van der Waals surface area (Å²) in [5.41, 5.74) is 1.60. The van der Waals surface area contributed by atoms with Crippen molar-refractivity contribution in [1.82, 2.24) is 9.29 Å². The van der Waals surface area contributed by atoms with E-state index in [-0.39, 0.29) is 4.90 Å². The second kappa shape index (κ2) is 8.00. The van der Waals surface area contributed by atoms with Crippen LogP contribution in [0.5, 0.6) is 0 Å². The average Bonchev–Trinajstić information content (AvgIpc) is 3.46. The van der Waals surface area contributed by atoms with Gasteiger partial charge in [0.1, 0.15) is 11.6 Å². The molecular weight excluding hydrogens is 453 g/mol. The molecule has 4 aromatic rings. The molecule has 3 aromatic carbocycles. The highest BCUT2D eigenvalue weighted by atomic mass is 32.2. The van der Waals surface area contributed by atoms with Crippen LogP contribution >= 0.6 is 0 Å². The molecule has 1 aromatic heterocycles. The van der Waals surface area contributed by atoms with E-state index in [0.29, 0.717) is 47.5 Å². The normalized spacial score (nSPS) is 17.6. The second-order valence-corrected chi connectivity index (χ2v) is 9.79. The molecule has 0 aliphatic carbocycles. The van der Waals surface area contributed by atoms with Crippen LogP contribution in [0.15, 0.2) is 82.1 Å². The summed E-state index contributed by atoms with van der Waals surface area (Å²) in [6.07, 6.45) is -3.12. The minimum atomic E-state index is -4.39. The summed E-state index contributed by atoms with van der Waals surface area (Å²) in [4.78, 5) is 4.76. The first kappa shape index (κ1) is 21.7. The Morgan fingerprint density at radius 2 is 1.64 bits per heavy atom. The molecule has 0 spiro atoms. The molecule has 1 unspecified atom stereocenters. The number of oxazole rings is 1. The van der Waals surface area contributed by atoms with E-state index >= 15 is 0 Å². The van der Waals surface area contributed by atoms with Crippen molar-refractivity contribution in [2.24, 2.45) is 0 Å². The summed E-state index contributed by atoms with van der Waals surface area (Å²) in [6.45, 7) is 0.372. The zero-order valence-corrected chi connectivity index (χ0v) is 18.1. The van der Waals surface area contributed by atoms with E-state index in [1.54, 1.807) is 48.5 Å². The molecule has 1 aliphatic heterocycles. The molecular formula is C24H19F3N2O3S. The molecule has 5 rings (SSSR count). The number of nitrogens with zero attached hydrogens (tertiary/aromatic N) is 2. The van der Waals surface area contributed by atoms with Crippen LogP contribution in [0.25, 0.3) is 22.2 Å². The number of rotatable bonds is 4. The molecule has 1 fully saturated rings. The smallest absolute Gasteiger partial charge is 0.416 e. The number of sulfonamides is 1. The maximum atomic E-state index is 13.1. The SMILES string of the molecule is O=S(=O)(c1ccccc1)N1CCCC1c1nc2cc(-c3ccc(C(F)(F)F)cc3)ccc2o1. The van der Waals surface area contributed by atoms with E-state index < -0.39 is 27.8 Å². The van der Waals surface area contributed by atoms with Gasteiger partial charge in [0.15, 0.2) is 5.58 Å². The Labute approximate surface area is 188 Å². The van der Waals surface area contributed by atoms with E-state index in [9.17, 15) is 21.6 Å². The van der Waals surface area contributed by atoms with Gasteiger partial charge in [0.05, 0.1) is 10.5 Å². The molecule has 5 nitrogen and oxygen atoms in total. The van der Waals surface area contributed by atoms with Crippen LogP contribution in [-0.2, 0) is 16.2 Å². The molecule has 1 aliphatic rings. The molecule has 9 heteroatoms. The van der Waals surface area contributed by atoms with Crippen molar-refractivity contribution in [3.8, 4) is 11.1 Å². The Bertz CT molecular complexity index is 1400. The first-order valence-electron chi connectivity index (χ1n) is 10.4. The first-order chi connectivity index (χ1) is 15.7. The third-order valence-electron chi connectivity index (χ3n) is 5.79. The molecule has 0 saturated carbocycles. The summed E-state index contributed by atoms with van der Waals surface area (Å²) in [7, 11) is -3.70. The van der Waals surface area contributed by atoms with Crippen LogP contribution < -0.4 is 0 Å². The molecule has 2 heterocycles. The van der Waals surface area contributed by atoms with Crippen LogP contribution in [0.3, 0.4) is 0 Å². The zero-order chi connectivity index (χ0) is 23.2. The van der Waals surface area contributed by atoms with Crippen molar-refractivity contribution in [1.29, 1.82) is 0 Å². The summed E-state index contributed by atoms with van der Waals surface area (Å²) in [5, 5.41) is 0. The lowest BCUT2D eigenvalue weighted by Gasteiger charge is -2.21. The van der Waals surface area contributed by atoms with Gasteiger partial charge in [-0.15, -0.1) is 0 Å². The predicted molar refractivity (Wildman–Crippen MR) is 117 cm³/mol. The van der Waals surface area contributed by atoms with Gasteiger partial charge in [0.25, 0.3) is 0 Å². The third-order valence-corrected chi connectivity index (χ3v) is 7.71. The first-order valence-corrected chi connectivity index (χ1v) is 11.8. The summed E-state index contributed by atoms with van der Waals surface area (Å²) in [6, 6.07) is 17.8. The number of benzene rings is 3. The Balaban J connectivity index is 1.46. The van der Waals surface area contributed by atoms with E-state index in [4.69, 9.17) is 4.42 Å². The van der Waals surface area contributed by atoms with Crippen molar-refractivity contribution in [3.63, 3.8) is 0 Å². The number of halogens is 3. The van der Waals surface area contributed by atoms with Crippen LogP contribution in [0.1, 0.15) is 30.3 Å². The van der Waals surface area contributed by atoms with Gasteiger partial charge < -0.3 is 4.42 Å². The van der Waals surface area contributed by atoms with Crippen LogP contribution in [0.4, 0.5) is 13.2 Å². The van der Waals surface area contributed by atoms with Crippen molar-refractivity contribution in [2.45, 2.75) is 30.0 Å². The van der Waals surface area contributed by atoms with Gasteiger partial charge in [0.2, 0.25) is 15.9 Å². The maximum Gasteiger partial charge on any atom is 0.416 e. The van der Waals surface area contributed by atoms with Gasteiger partial charge in [-0.1, -0.05) is 36.4 Å². The summed E-state index contributed by atoms with van der Waals surface area (Å²) in [5.74, 6) is 0.312. The van der Waals surface area contributed by atoms with E-state index in [2.05, 4.69) is 4.98 Å². The number of fused-ring (bicyclic) bond motifs is 1. The summed E-state index contributed by atoms with van der Waals surface area (Å²) >= 11 is 0. The maximum absolute atomic E-state index is 13.1. The topological polar surface area (TPSA) is 63.4 Å². The fourth-order valence-corrected chi connectivity index (χ4v) is 5.79. The molecule has 0 N–H and O–H groups in total. The Morgan fingerprint density at radius 3 is 2.33 bits per heavy atom. The van der Waals surface area contributed by atoms with E-state index in [1.165, 1.54) is 16.4 Å². The van der Waals surface area contributed by atoms with Gasteiger partial charge in [-0.2, -0.15) is 17.5 Å². The van der Waals surface area contributed by atoms with Crippen LogP contribution in [0, 0.1) is 0 Å². The van der Waals surface area contributed by atoms with Gasteiger partial charge in [0, 0.05) is 6.54 Å². The monoisotopic (exact) mass is 472 g/mol. The molecule has 0 amide bonds. The minimum absolute atomic E-state index is 0.220. The molecule has 1 atom stereocenters. The second-order valence-electron chi connectivity index (χ2n) is 7.90. The standard InChI is InChI=1S/C24H19F3N2O3S/c25-24(26,27)18-11-8-16(9-12-18)17-10-13-22-20(15-17)28-23(32-22)21-7-4-14-29(21)33(30,31)19-5-2-1-3-6-19/h1-3,5-6,8-13,15,21H,4,7,14H2. The van der Waals surface area contributed by atoms with Gasteiger partial charge >= 0.3 is 6.18 Å². The van der Waals surface area contributed by atoms with Gasteiger partial charge in [-0.3, -0.25) is 0 Å². The zero-order valence-electron chi connectivity index (χ0n) is 17.3. The number of hydrogen-bond donors (Lipinski definition) is 0. The minimum Gasteiger partial charge on any atom is -0.439 e. The van der Waals surface area contributed by atoms with E-state index in [1.807, 2.05) is 0 Å².